The van der Waals surface area contributed by atoms with Crippen LogP contribution in [0.3, 0.4) is 0 Å². The van der Waals surface area contributed by atoms with Gasteiger partial charge in [0.2, 0.25) is 11.9 Å². The van der Waals surface area contributed by atoms with Crippen LogP contribution in [-0.4, -0.2) is 64.1 Å². The molecule has 0 aliphatic carbocycles. The van der Waals surface area contributed by atoms with Gasteiger partial charge in [-0.15, -0.1) is 0 Å². The minimum atomic E-state index is -1.69. The highest BCUT2D eigenvalue weighted by Gasteiger charge is 2.22. The van der Waals surface area contributed by atoms with E-state index in [1.54, 1.807) is 12.3 Å². The van der Waals surface area contributed by atoms with Gasteiger partial charge >= 0.3 is 0 Å². The average Bonchev–Trinajstić information content (AvgIpc) is 3.19. The number of nitrogen functional groups attached to an aromatic ring is 1. The summed E-state index contributed by atoms with van der Waals surface area (Å²) in [5, 5.41) is 4.66. The van der Waals surface area contributed by atoms with Crippen molar-refractivity contribution in [3.05, 3.63) is 52.8 Å². The van der Waals surface area contributed by atoms with Crippen LogP contribution in [0.5, 0.6) is 5.75 Å². The van der Waals surface area contributed by atoms with Crippen molar-refractivity contribution in [2.24, 2.45) is 17.2 Å². The molecule has 0 saturated carbocycles. The molecule has 0 spiro atoms. The van der Waals surface area contributed by atoms with Crippen molar-refractivity contribution in [2.45, 2.75) is 12.3 Å². The second-order valence-corrected chi connectivity index (χ2v) is 8.24. The van der Waals surface area contributed by atoms with Crippen molar-refractivity contribution >= 4 is 17.5 Å². The SMILES string of the molecule is Nc1nc(Cl)cc(-c2nn(C(N)(N)N)cc2Cc2ccccc2OCCN2CCOCC2)n1. The molecule has 2 aromatic heterocycles. The number of para-hydroxylation sites is 1. The van der Waals surface area contributed by atoms with Crippen LogP contribution < -0.4 is 27.7 Å². The average molecular weight is 474 g/mol. The van der Waals surface area contributed by atoms with Crippen molar-refractivity contribution < 1.29 is 9.47 Å². The van der Waals surface area contributed by atoms with Crippen molar-refractivity contribution in [2.75, 3.05) is 45.2 Å². The van der Waals surface area contributed by atoms with Crippen molar-refractivity contribution in [1.29, 1.82) is 0 Å². The Labute approximate surface area is 196 Å². The number of benzene rings is 1. The summed E-state index contributed by atoms with van der Waals surface area (Å²) in [5.74, 6) is -0.877. The van der Waals surface area contributed by atoms with E-state index in [-0.39, 0.29) is 11.1 Å². The summed E-state index contributed by atoms with van der Waals surface area (Å²) in [5.41, 5.74) is 26.1. The number of ether oxygens (including phenoxy) is 2. The van der Waals surface area contributed by atoms with E-state index >= 15 is 0 Å². The molecule has 176 valence electrons. The van der Waals surface area contributed by atoms with Crippen molar-refractivity contribution in [3.8, 4) is 17.1 Å². The van der Waals surface area contributed by atoms with E-state index < -0.39 is 5.91 Å². The van der Waals surface area contributed by atoms with Gasteiger partial charge in [0.25, 0.3) is 0 Å². The second-order valence-electron chi connectivity index (χ2n) is 7.86. The number of morpholine rings is 1. The van der Waals surface area contributed by atoms with Gasteiger partial charge in [0.15, 0.2) is 0 Å². The molecule has 1 aliphatic heterocycles. The first-order valence-corrected chi connectivity index (χ1v) is 10.9. The number of nitrogens with two attached hydrogens (primary N) is 4. The van der Waals surface area contributed by atoms with Gasteiger partial charge in [0.1, 0.15) is 23.2 Å². The molecular weight excluding hydrogens is 446 g/mol. The van der Waals surface area contributed by atoms with Crippen LogP contribution in [0.25, 0.3) is 11.4 Å². The highest BCUT2D eigenvalue weighted by molar-refractivity contribution is 6.29. The minimum absolute atomic E-state index is 0.0318. The zero-order valence-electron chi connectivity index (χ0n) is 18.2. The summed E-state index contributed by atoms with van der Waals surface area (Å²) in [6.07, 6.45) is 2.16. The third kappa shape index (κ3) is 5.96. The Morgan fingerprint density at radius 1 is 1.09 bits per heavy atom. The molecule has 1 aliphatic rings. The van der Waals surface area contributed by atoms with Crippen LogP contribution in [0.15, 0.2) is 36.5 Å². The van der Waals surface area contributed by atoms with Crippen LogP contribution >= 0.6 is 11.6 Å². The zero-order chi connectivity index (χ0) is 23.4. The Morgan fingerprint density at radius 3 is 2.58 bits per heavy atom. The lowest BCUT2D eigenvalue weighted by Gasteiger charge is -2.26. The Bertz CT molecular complexity index is 1070. The lowest BCUT2D eigenvalue weighted by molar-refractivity contribution is 0.0322. The number of nitrogens with zero attached hydrogens (tertiary/aromatic N) is 5. The number of aromatic nitrogens is 4. The molecule has 4 rings (SSSR count). The first kappa shape index (κ1) is 23.4. The largest absolute Gasteiger partial charge is 0.492 e. The smallest absolute Gasteiger partial charge is 0.222 e. The van der Waals surface area contributed by atoms with Gasteiger partial charge in [-0.05, 0) is 11.6 Å². The number of halogens is 1. The third-order valence-corrected chi connectivity index (χ3v) is 5.46. The first-order chi connectivity index (χ1) is 15.8. The Balaban J connectivity index is 1.59. The van der Waals surface area contributed by atoms with E-state index in [4.69, 9.17) is 44.0 Å². The number of hydrogen-bond acceptors (Lipinski definition) is 10. The Morgan fingerprint density at radius 2 is 1.85 bits per heavy atom. The maximum absolute atomic E-state index is 6.12. The standard InChI is InChI=1S/C21H28ClN9O2/c22-18-12-16(27-20(23)28-18)19-15(13-31(29-19)21(24,25)26)11-14-3-1-2-4-17(14)33-10-7-30-5-8-32-9-6-30/h1-4,12-13H,5-11,24-26H2,(H2,23,27,28). The monoisotopic (exact) mass is 473 g/mol. The molecular formula is C21H28ClN9O2. The fraction of sp³-hybridized carbons (Fsp3) is 0.381. The lowest BCUT2D eigenvalue weighted by atomic mass is 10.0. The highest BCUT2D eigenvalue weighted by Crippen LogP contribution is 2.28. The molecule has 3 heterocycles. The maximum atomic E-state index is 6.12. The quantitative estimate of drug-likeness (QED) is 0.264. The summed E-state index contributed by atoms with van der Waals surface area (Å²) in [4.78, 5) is 10.5. The number of anilines is 1. The molecule has 8 N–H and O–H groups in total. The van der Waals surface area contributed by atoms with Gasteiger partial charge in [-0.1, -0.05) is 29.8 Å². The first-order valence-electron chi connectivity index (χ1n) is 10.6. The van der Waals surface area contributed by atoms with Gasteiger partial charge < -0.3 is 15.2 Å². The van der Waals surface area contributed by atoms with Gasteiger partial charge in [-0.25, -0.2) is 14.6 Å². The van der Waals surface area contributed by atoms with Crippen LogP contribution in [0.4, 0.5) is 5.95 Å². The molecule has 0 bridgehead atoms. The lowest BCUT2D eigenvalue weighted by Crippen LogP contribution is -2.59. The van der Waals surface area contributed by atoms with E-state index in [1.165, 1.54) is 4.68 Å². The normalized spacial score (nSPS) is 15.0. The van der Waals surface area contributed by atoms with Crippen LogP contribution in [0.2, 0.25) is 5.15 Å². The predicted octanol–water partition coefficient (Wildman–Crippen LogP) is 0.321. The highest BCUT2D eigenvalue weighted by atomic mass is 35.5. The van der Waals surface area contributed by atoms with Crippen LogP contribution in [0, 0.1) is 0 Å². The van der Waals surface area contributed by atoms with E-state index in [2.05, 4.69) is 20.0 Å². The molecule has 1 fully saturated rings. The Kier molecular flexibility index (Phi) is 7.08. The number of hydrogen-bond donors (Lipinski definition) is 4. The predicted molar refractivity (Wildman–Crippen MR) is 125 cm³/mol. The minimum Gasteiger partial charge on any atom is -0.492 e. The van der Waals surface area contributed by atoms with Crippen LogP contribution in [0.1, 0.15) is 11.1 Å². The molecule has 1 saturated heterocycles. The van der Waals surface area contributed by atoms with Gasteiger partial charge in [-0.3, -0.25) is 22.1 Å². The van der Waals surface area contributed by atoms with E-state index in [0.717, 1.165) is 49.7 Å². The van der Waals surface area contributed by atoms with Gasteiger partial charge in [-0.2, -0.15) is 5.10 Å². The Hall–Kier alpha value is -2.80. The van der Waals surface area contributed by atoms with E-state index in [9.17, 15) is 0 Å². The molecule has 11 nitrogen and oxygen atoms in total. The van der Waals surface area contributed by atoms with E-state index in [1.807, 2.05) is 24.3 Å². The zero-order valence-corrected chi connectivity index (χ0v) is 18.9. The fourth-order valence-electron chi connectivity index (χ4n) is 3.61. The van der Waals surface area contributed by atoms with Gasteiger partial charge in [0, 0.05) is 43.9 Å². The van der Waals surface area contributed by atoms with E-state index in [0.29, 0.717) is 24.4 Å². The second kappa shape index (κ2) is 10.00. The van der Waals surface area contributed by atoms with Gasteiger partial charge in [0.05, 0.1) is 18.9 Å². The molecule has 12 heteroatoms. The summed E-state index contributed by atoms with van der Waals surface area (Å²) >= 11 is 6.08. The molecule has 1 aromatic carbocycles. The van der Waals surface area contributed by atoms with Crippen molar-refractivity contribution in [3.63, 3.8) is 0 Å². The summed E-state index contributed by atoms with van der Waals surface area (Å²) in [7, 11) is 0. The van der Waals surface area contributed by atoms with Crippen LogP contribution in [-0.2, 0) is 17.1 Å². The third-order valence-electron chi connectivity index (χ3n) is 5.26. The summed E-state index contributed by atoms with van der Waals surface area (Å²) in [6.45, 7) is 4.74. The van der Waals surface area contributed by atoms with Crippen molar-refractivity contribution in [1.82, 2.24) is 24.6 Å². The molecule has 3 aromatic rings. The maximum Gasteiger partial charge on any atom is 0.222 e. The number of rotatable bonds is 8. The molecule has 0 amide bonds. The molecule has 0 atom stereocenters. The topological polar surface area (TPSA) is 169 Å². The molecule has 33 heavy (non-hydrogen) atoms. The molecule has 0 unspecified atom stereocenters. The molecule has 0 radical (unpaired) electrons. The summed E-state index contributed by atoms with van der Waals surface area (Å²) < 4.78 is 12.8. The fourth-order valence-corrected chi connectivity index (χ4v) is 3.80. The summed E-state index contributed by atoms with van der Waals surface area (Å²) in [6, 6.07) is 9.40.